The molecule has 0 atom stereocenters. The Morgan fingerprint density at radius 3 is 2.92 bits per heavy atom. The third-order valence-electron chi connectivity index (χ3n) is 3.59. The number of nitrogens with one attached hydrogen (secondary N) is 1. The molecule has 0 saturated heterocycles. The van der Waals surface area contributed by atoms with E-state index in [2.05, 4.69) is 22.4 Å². The van der Waals surface area contributed by atoms with Crippen molar-refractivity contribution in [2.75, 3.05) is 13.2 Å². The quantitative estimate of drug-likeness (QED) is 0.728. The number of ether oxygens (including phenoxy) is 1. The number of aliphatic hydroxyl groups excluding tert-OH is 1. The summed E-state index contributed by atoms with van der Waals surface area (Å²) in [6.45, 7) is 4.44. The molecule has 2 aromatic rings. The number of amides is 1. The highest BCUT2D eigenvalue weighted by molar-refractivity contribution is 5.93. The van der Waals surface area contributed by atoms with Gasteiger partial charge in [-0.2, -0.15) is 0 Å². The van der Waals surface area contributed by atoms with Gasteiger partial charge in [0, 0.05) is 18.8 Å². The van der Waals surface area contributed by atoms with Crippen LogP contribution in [0.3, 0.4) is 0 Å². The Balaban J connectivity index is 1.95. The molecule has 0 radical (unpaired) electrons. The number of aliphatic hydroxyl groups is 1. The largest absolute Gasteiger partial charge is 0.473 e. The van der Waals surface area contributed by atoms with Crippen LogP contribution in [0.5, 0.6) is 5.88 Å². The Kier molecular flexibility index (Phi) is 6.74. The fourth-order valence-electron chi connectivity index (χ4n) is 2.18. The van der Waals surface area contributed by atoms with E-state index >= 15 is 0 Å². The average Bonchev–Trinajstić information content (AvgIpc) is 2.96. The van der Waals surface area contributed by atoms with Crippen LogP contribution >= 0.6 is 0 Å². The first-order valence-corrected chi connectivity index (χ1v) is 8.07. The monoisotopic (exact) mass is 333 g/mol. The zero-order valence-electron chi connectivity index (χ0n) is 14.0. The first kappa shape index (κ1) is 17.9. The van der Waals surface area contributed by atoms with E-state index in [9.17, 15) is 4.79 Å². The molecular formula is C17H23N3O4. The minimum absolute atomic E-state index is 0.0984. The van der Waals surface area contributed by atoms with Crippen LogP contribution in [0.15, 0.2) is 22.9 Å². The van der Waals surface area contributed by atoms with E-state index in [0.717, 1.165) is 36.3 Å². The van der Waals surface area contributed by atoms with Gasteiger partial charge in [0.1, 0.15) is 12.4 Å². The number of pyridine rings is 1. The fraction of sp³-hybridized carbons (Fsp3) is 0.471. The number of carbonyl (C=O) groups excluding carboxylic acids is 1. The van der Waals surface area contributed by atoms with Crippen molar-refractivity contribution in [3.05, 3.63) is 40.9 Å². The van der Waals surface area contributed by atoms with Crippen molar-refractivity contribution in [2.24, 2.45) is 0 Å². The maximum Gasteiger partial charge on any atom is 0.252 e. The van der Waals surface area contributed by atoms with E-state index in [4.69, 9.17) is 14.4 Å². The average molecular weight is 333 g/mol. The molecule has 2 aromatic heterocycles. The highest BCUT2D eigenvalue weighted by Crippen LogP contribution is 2.18. The first-order chi connectivity index (χ1) is 11.7. The second kappa shape index (κ2) is 9.02. The standard InChI is InChI=1S/C17H23N3O4/c1-3-4-5-15-14(12(2)24-20-15)11-23-16-7-6-13(10-19-16)17(22)18-8-9-21/h6-7,10,21H,3-5,8-9,11H2,1-2H3,(H,18,22). The highest BCUT2D eigenvalue weighted by Gasteiger charge is 2.13. The van der Waals surface area contributed by atoms with Crippen LogP contribution in [-0.4, -0.2) is 34.3 Å². The maximum absolute atomic E-state index is 11.7. The van der Waals surface area contributed by atoms with Gasteiger partial charge in [0.2, 0.25) is 5.88 Å². The van der Waals surface area contributed by atoms with Crippen LogP contribution in [0.1, 0.15) is 47.1 Å². The topological polar surface area (TPSA) is 97.5 Å². The van der Waals surface area contributed by atoms with E-state index in [1.165, 1.54) is 6.20 Å². The molecule has 0 fully saturated rings. The molecule has 130 valence electrons. The zero-order chi connectivity index (χ0) is 17.4. The third kappa shape index (κ3) is 4.79. The summed E-state index contributed by atoms with van der Waals surface area (Å²) >= 11 is 0. The number of aromatic nitrogens is 2. The van der Waals surface area contributed by atoms with Gasteiger partial charge in [-0.05, 0) is 25.8 Å². The number of rotatable bonds is 9. The smallest absolute Gasteiger partial charge is 0.252 e. The highest BCUT2D eigenvalue weighted by atomic mass is 16.5. The van der Waals surface area contributed by atoms with Crippen molar-refractivity contribution in [1.29, 1.82) is 0 Å². The normalized spacial score (nSPS) is 10.6. The van der Waals surface area contributed by atoms with Gasteiger partial charge in [-0.25, -0.2) is 4.98 Å². The predicted molar refractivity (Wildman–Crippen MR) is 87.8 cm³/mol. The van der Waals surface area contributed by atoms with Crippen LogP contribution in [-0.2, 0) is 13.0 Å². The lowest BCUT2D eigenvalue weighted by Gasteiger charge is -2.07. The van der Waals surface area contributed by atoms with Gasteiger partial charge in [0.25, 0.3) is 5.91 Å². The molecule has 0 spiro atoms. The molecule has 7 heteroatoms. The number of unbranched alkanes of at least 4 members (excludes halogenated alkanes) is 1. The molecule has 2 rings (SSSR count). The van der Waals surface area contributed by atoms with Crippen molar-refractivity contribution >= 4 is 5.91 Å². The summed E-state index contributed by atoms with van der Waals surface area (Å²) in [5.41, 5.74) is 2.30. The Bertz CT molecular complexity index is 652. The van der Waals surface area contributed by atoms with E-state index in [1.54, 1.807) is 12.1 Å². The molecule has 1 amide bonds. The van der Waals surface area contributed by atoms with Crippen LogP contribution in [0.25, 0.3) is 0 Å². The van der Waals surface area contributed by atoms with Gasteiger partial charge < -0.3 is 19.7 Å². The molecule has 24 heavy (non-hydrogen) atoms. The lowest BCUT2D eigenvalue weighted by molar-refractivity contribution is 0.0944. The van der Waals surface area contributed by atoms with E-state index in [1.807, 2.05) is 6.92 Å². The molecule has 0 saturated carbocycles. The maximum atomic E-state index is 11.7. The van der Waals surface area contributed by atoms with Gasteiger partial charge >= 0.3 is 0 Å². The molecule has 7 nitrogen and oxygen atoms in total. The zero-order valence-corrected chi connectivity index (χ0v) is 14.0. The Morgan fingerprint density at radius 1 is 1.42 bits per heavy atom. The summed E-state index contributed by atoms with van der Waals surface area (Å²) in [5.74, 6) is 0.900. The Hall–Kier alpha value is -2.41. The first-order valence-electron chi connectivity index (χ1n) is 8.07. The van der Waals surface area contributed by atoms with Gasteiger partial charge in [0.15, 0.2) is 0 Å². The minimum atomic E-state index is -0.278. The lowest BCUT2D eigenvalue weighted by atomic mass is 10.1. The van der Waals surface area contributed by atoms with Crippen LogP contribution in [0.2, 0.25) is 0 Å². The molecule has 0 aromatic carbocycles. The fourth-order valence-corrected chi connectivity index (χ4v) is 2.18. The molecular weight excluding hydrogens is 310 g/mol. The number of aryl methyl sites for hydroxylation is 2. The predicted octanol–water partition coefficient (Wildman–Crippen LogP) is 2.02. The molecule has 2 heterocycles. The SMILES string of the molecule is CCCCc1noc(C)c1COc1ccc(C(=O)NCCO)cn1. The van der Waals surface area contributed by atoms with Crippen LogP contribution < -0.4 is 10.1 Å². The summed E-state index contributed by atoms with van der Waals surface area (Å²) in [7, 11) is 0. The molecule has 0 aliphatic carbocycles. The Morgan fingerprint density at radius 2 is 2.25 bits per heavy atom. The summed E-state index contributed by atoms with van der Waals surface area (Å²) in [6.07, 6.45) is 4.45. The molecule has 2 N–H and O–H groups in total. The van der Waals surface area contributed by atoms with Crippen molar-refractivity contribution in [3.63, 3.8) is 0 Å². The van der Waals surface area contributed by atoms with Crippen molar-refractivity contribution in [1.82, 2.24) is 15.5 Å². The Labute approximate surface area is 141 Å². The summed E-state index contributed by atoms with van der Waals surface area (Å²) in [6, 6.07) is 3.27. The lowest BCUT2D eigenvalue weighted by Crippen LogP contribution is -2.26. The summed E-state index contributed by atoms with van der Waals surface area (Å²) in [5, 5.41) is 15.4. The third-order valence-corrected chi connectivity index (χ3v) is 3.59. The van der Waals surface area contributed by atoms with Crippen LogP contribution in [0.4, 0.5) is 0 Å². The number of hydrogen-bond acceptors (Lipinski definition) is 6. The van der Waals surface area contributed by atoms with Gasteiger partial charge in [-0.3, -0.25) is 4.79 Å². The number of nitrogens with zero attached hydrogens (tertiary/aromatic N) is 2. The van der Waals surface area contributed by atoms with Crippen LogP contribution in [0, 0.1) is 6.92 Å². The van der Waals surface area contributed by atoms with Crippen molar-refractivity contribution in [3.8, 4) is 5.88 Å². The van der Waals surface area contributed by atoms with E-state index in [0.29, 0.717) is 18.1 Å². The molecule has 0 unspecified atom stereocenters. The minimum Gasteiger partial charge on any atom is -0.473 e. The second-order valence-electron chi connectivity index (χ2n) is 5.42. The molecule has 0 aliphatic heterocycles. The second-order valence-corrected chi connectivity index (χ2v) is 5.42. The molecule has 0 aliphatic rings. The molecule has 0 bridgehead atoms. The van der Waals surface area contributed by atoms with Gasteiger partial charge in [0.05, 0.1) is 23.4 Å². The van der Waals surface area contributed by atoms with Gasteiger partial charge in [-0.15, -0.1) is 0 Å². The van der Waals surface area contributed by atoms with Gasteiger partial charge in [-0.1, -0.05) is 18.5 Å². The number of hydrogen-bond donors (Lipinski definition) is 2. The summed E-state index contributed by atoms with van der Waals surface area (Å²) < 4.78 is 10.9. The van der Waals surface area contributed by atoms with Crippen molar-refractivity contribution < 1.29 is 19.2 Å². The van der Waals surface area contributed by atoms with E-state index < -0.39 is 0 Å². The summed E-state index contributed by atoms with van der Waals surface area (Å²) in [4.78, 5) is 15.9. The van der Waals surface area contributed by atoms with Crippen molar-refractivity contribution in [2.45, 2.75) is 39.7 Å². The number of carbonyl (C=O) groups is 1. The van der Waals surface area contributed by atoms with E-state index in [-0.39, 0.29) is 19.1 Å².